The van der Waals surface area contributed by atoms with Crippen LogP contribution in [0, 0.1) is 11.8 Å². The molecule has 1 rings (SSSR count). The van der Waals surface area contributed by atoms with Crippen molar-refractivity contribution < 1.29 is 9.53 Å². The first kappa shape index (κ1) is 17.3. The van der Waals surface area contributed by atoms with E-state index < -0.39 is 5.60 Å². The van der Waals surface area contributed by atoms with Gasteiger partial charge in [0.25, 0.3) is 0 Å². The zero-order valence-corrected chi connectivity index (χ0v) is 14.0. The normalized spacial score (nSPS) is 18.8. The third-order valence-electron chi connectivity index (χ3n) is 3.40. The van der Waals surface area contributed by atoms with Crippen molar-refractivity contribution in [3.63, 3.8) is 0 Å². The fraction of sp³-hybridized carbons (Fsp3) is 0.938. The lowest BCUT2D eigenvalue weighted by molar-refractivity contribution is 0.0496. The van der Waals surface area contributed by atoms with Gasteiger partial charge in [0, 0.05) is 18.6 Å². The number of amides is 1. The molecule has 118 valence electrons. The second-order valence-electron chi connectivity index (χ2n) is 7.53. The quantitative estimate of drug-likeness (QED) is 0.754. The van der Waals surface area contributed by atoms with Crippen LogP contribution in [0.3, 0.4) is 0 Å². The van der Waals surface area contributed by atoms with Crippen molar-refractivity contribution in [3.05, 3.63) is 0 Å². The van der Waals surface area contributed by atoms with Gasteiger partial charge in [0.15, 0.2) is 0 Å². The molecule has 4 nitrogen and oxygen atoms in total. The molecule has 0 heterocycles. The van der Waals surface area contributed by atoms with E-state index in [4.69, 9.17) is 4.74 Å². The molecule has 1 amide bonds. The van der Waals surface area contributed by atoms with Gasteiger partial charge in [0.05, 0.1) is 0 Å². The van der Waals surface area contributed by atoms with Crippen LogP contribution in [0.2, 0.25) is 0 Å². The molecule has 1 fully saturated rings. The Balaban J connectivity index is 2.35. The van der Waals surface area contributed by atoms with Crippen molar-refractivity contribution in [2.24, 2.45) is 11.8 Å². The van der Waals surface area contributed by atoms with E-state index in [1.54, 1.807) is 0 Å². The van der Waals surface area contributed by atoms with E-state index in [1.165, 1.54) is 12.8 Å². The van der Waals surface area contributed by atoms with Crippen LogP contribution in [-0.4, -0.2) is 30.3 Å². The fourth-order valence-electron chi connectivity index (χ4n) is 2.41. The molecule has 2 unspecified atom stereocenters. The third kappa shape index (κ3) is 7.73. The summed E-state index contributed by atoms with van der Waals surface area (Å²) in [6.07, 6.45) is 3.28. The number of carbonyl (C=O) groups excluding carboxylic acids is 1. The lowest BCUT2D eigenvalue weighted by Gasteiger charge is -2.25. The Labute approximate surface area is 124 Å². The van der Waals surface area contributed by atoms with Gasteiger partial charge in [0.1, 0.15) is 5.60 Å². The second kappa shape index (κ2) is 7.30. The zero-order chi connectivity index (χ0) is 15.3. The summed E-state index contributed by atoms with van der Waals surface area (Å²) in [6.45, 7) is 13.2. The summed E-state index contributed by atoms with van der Waals surface area (Å²) in [5.41, 5.74) is -0.434. The molecule has 2 atom stereocenters. The molecule has 0 spiro atoms. The first-order chi connectivity index (χ1) is 9.17. The van der Waals surface area contributed by atoms with Gasteiger partial charge in [-0.05, 0) is 58.8 Å². The molecule has 1 aliphatic carbocycles. The maximum Gasteiger partial charge on any atom is 0.407 e. The van der Waals surface area contributed by atoms with Gasteiger partial charge in [-0.3, -0.25) is 0 Å². The average Bonchev–Trinajstić information content (AvgIpc) is 3.03. The number of hydrogen-bond acceptors (Lipinski definition) is 3. The minimum atomic E-state index is -0.434. The second-order valence-corrected chi connectivity index (χ2v) is 7.53. The molecule has 0 aromatic carbocycles. The van der Waals surface area contributed by atoms with Crippen LogP contribution in [0.1, 0.15) is 60.8 Å². The Bertz CT molecular complexity index is 306. The highest BCUT2D eigenvalue weighted by Gasteiger charge is 2.33. The molecule has 0 radical (unpaired) electrons. The van der Waals surface area contributed by atoms with Gasteiger partial charge in [0.2, 0.25) is 0 Å². The van der Waals surface area contributed by atoms with Gasteiger partial charge in [-0.25, -0.2) is 4.79 Å². The molecule has 1 aliphatic rings. The third-order valence-corrected chi connectivity index (χ3v) is 3.40. The fourth-order valence-corrected chi connectivity index (χ4v) is 2.41. The van der Waals surface area contributed by atoms with Crippen molar-refractivity contribution in [1.82, 2.24) is 10.6 Å². The van der Waals surface area contributed by atoms with E-state index in [0.29, 0.717) is 17.9 Å². The van der Waals surface area contributed by atoms with Crippen LogP contribution in [0.4, 0.5) is 4.79 Å². The summed E-state index contributed by atoms with van der Waals surface area (Å²) in [7, 11) is 0. The molecule has 0 aromatic heterocycles. The molecule has 0 saturated heterocycles. The average molecular weight is 284 g/mol. The van der Waals surface area contributed by atoms with Gasteiger partial charge in [-0.15, -0.1) is 0 Å². The first-order valence-corrected chi connectivity index (χ1v) is 7.90. The molecule has 0 aliphatic heterocycles. The summed E-state index contributed by atoms with van der Waals surface area (Å²) in [5.74, 6) is 1.30. The summed E-state index contributed by atoms with van der Waals surface area (Å²) >= 11 is 0. The lowest BCUT2D eigenvalue weighted by Crippen LogP contribution is -2.47. The topological polar surface area (TPSA) is 50.4 Å². The van der Waals surface area contributed by atoms with Crippen molar-refractivity contribution in [2.75, 3.05) is 6.54 Å². The standard InChI is InChI=1S/C16H32N2O2/c1-11(2)9-12(3)17-10-14(13-7-8-13)18-15(19)20-16(4,5)6/h11-14,17H,7-10H2,1-6H3,(H,18,19). The Morgan fingerprint density at radius 3 is 2.30 bits per heavy atom. The van der Waals surface area contributed by atoms with Crippen LogP contribution in [0.25, 0.3) is 0 Å². The molecular formula is C16H32N2O2. The van der Waals surface area contributed by atoms with Gasteiger partial charge < -0.3 is 15.4 Å². The Morgan fingerprint density at radius 1 is 1.25 bits per heavy atom. The van der Waals surface area contributed by atoms with Crippen molar-refractivity contribution in [1.29, 1.82) is 0 Å². The Hall–Kier alpha value is -0.770. The molecule has 0 bridgehead atoms. The molecule has 20 heavy (non-hydrogen) atoms. The number of hydrogen-bond donors (Lipinski definition) is 2. The Morgan fingerprint density at radius 2 is 1.85 bits per heavy atom. The first-order valence-electron chi connectivity index (χ1n) is 7.90. The lowest BCUT2D eigenvalue weighted by atomic mass is 10.0. The highest BCUT2D eigenvalue weighted by molar-refractivity contribution is 5.68. The van der Waals surface area contributed by atoms with Crippen molar-refractivity contribution in [3.8, 4) is 0 Å². The van der Waals surface area contributed by atoms with E-state index in [2.05, 4.69) is 31.4 Å². The highest BCUT2D eigenvalue weighted by atomic mass is 16.6. The molecule has 4 heteroatoms. The van der Waals surface area contributed by atoms with Gasteiger partial charge in [-0.2, -0.15) is 0 Å². The number of rotatable bonds is 7. The largest absolute Gasteiger partial charge is 0.444 e. The SMILES string of the molecule is CC(C)CC(C)NCC(NC(=O)OC(C)(C)C)C1CC1. The number of carbonyl (C=O) groups is 1. The number of alkyl carbamates (subject to hydrolysis) is 1. The molecule has 0 aromatic rings. The summed E-state index contributed by atoms with van der Waals surface area (Å²) in [6, 6.07) is 0.677. The van der Waals surface area contributed by atoms with Crippen LogP contribution in [0.15, 0.2) is 0 Å². The zero-order valence-electron chi connectivity index (χ0n) is 14.0. The maximum atomic E-state index is 11.9. The van der Waals surface area contributed by atoms with Gasteiger partial charge >= 0.3 is 6.09 Å². The predicted octanol–water partition coefficient (Wildman–Crippen LogP) is 3.31. The van der Waals surface area contributed by atoms with Crippen molar-refractivity contribution >= 4 is 6.09 Å². The molecule has 1 saturated carbocycles. The monoisotopic (exact) mass is 284 g/mol. The molecule has 2 N–H and O–H groups in total. The van der Waals surface area contributed by atoms with E-state index >= 15 is 0 Å². The minimum Gasteiger partial charge on any atom is -0.444 e. The van der Waals surface area contributed by atoms with Crippen molar-refractivity contribution in [2.45, 2.75) is 78.5 Å². The van der Waals surface area contributed by atoms with Crippen LogP contribution in [0.5, 0.6) is 0 Å². The summed E-state index contributed by atoms with van der Waals surface area (Å²) in [4.78, 5) is 11.9. The van der Waals surface area contributed by atoms with E-state index in [-0.39, 0.29) is 12.1 Å². The van der Waals surface area contributed by atoms with Gasteiger partial charge in [-0.1, -0.05) is 13.8 Å². The van der Waals surface area contributed by atoms with E-state index in [9.17, 15) is 4.79 Å². The highest BCUT2D eigenvalue weighted by Crippen LogP contribution is 2.32. The maximum absolute atomic E-state index is 11.9. The van der Waals surface area contributed by atoms with Crippen LogP contribution < -0.4 is 10.6 Å². The Kier molecular flexibility index (Phi) is 6.31. The summed E-state index contributed by atoms with van der Waals surface area (Å²) < 4.78 is 5.34. The minimum absolute atomic E-state index is 0.194. The van der Waals surface area contributed by atoms with E-state index in [1.807, 2.05) is 20.8 Å². The predicted molar refractivity (Wildman–Crippen MR) is 82.8 cm³/mol. The van der Waals surface area contributed by atoms with Crippen LogP contribution in [-0.2, 0) is 4.74 Å². The number of nitrogens with one attached hydrogen (secondary N) is 2. The molecular weight excluding hydrogens is 252 g/mol. The van der Waals surface area contributed by atoms with Crippen LogP contribution >= 0.6 is 0 Å². The smallest absolute Gasteiger partial charge is 0.407 e. The number of ether oxygens (including phenoxy) is 1. The van der Waals surface area contributed by atoms with E-state index in [0.717, 1.165) is 13.0 Å². The summed E-state index contributed by atoms with van der Waals surface area (Å²) in [5, 5.41) is 6.55.